The van der Waals surface area contributed by atoms with Crippen molar-refractivity contribution in [2.75, 3.05) is 0 Å². The number of nitrogens with one attached hydrogen (secondary N) is 3. The summed E-state index contributed by atoms with van der Waals surface area (Å²) >= 11 is 1.60. The second-order valence-electron chi connectivity index (χ2n) is 5.07. The Morgan fingerprint density at radius 3 is 2.83 bits per heavy atom. The van der Waals surface area contributed by atoms with E-state index in [2.05, 4.69) is 25.5 Å². The molecule has 1 amide bonds. The van der Waals surface area contributed by atoms with Crippen LogP contribution in [0.4, 0.5) is 0 Å². The minimum atomic E-state index is -0.382. The van der Waals surface area contributed by atoms with Crippen LogP contribution in [-0.4, -0.2) is 26.1 Å². The lowest BCUT2D eigenvalue weighted by Gasteiger charge is -2.16. The summed E-state index contributed by atoms with van der Waals surface area (Å²) in [5.74, 6) is 0.413. The predicted molar refractivity (Wildman–Crippen MR) is 88.3 cm³/mol. The van der Waals surface area contributed by atoms with Gasteiger partial charge in [-0.15, -0.1) is 11.3 Å². The third kappa shape index (κ3) is 2.62. The molecule has 0 aliphatic carbocycles. The first-order valence-electron chi connectivity index (χ1n) is 7.08. The van der Waals surface area contributed by atoms with Gasteiger partial charge in [0.25, 0.3) is 5.91 Å². The number of aromatic nitrogens is 4. The second kappa shape index (κ2) is 5.69. The molecule has 0 unspecified atom stereocenters. The van der Waals surface area contributed by atoms with Crippen molar-refractivity contribution in [3.63, 3.8) is 0 Å². The molecule has 0 radical (unpaired) electrons. The van der Waals surface area contributed by atoms with Gasteiger partial charge in [0.2, 0.25) is 0 Å². The summed E-state index contributed by atoms with van der Waals surface area (Å²) < 4.78 is 1.06. The first-order valence-corrected chi connectivity index (χ1v) is 7.96. The van der Waals surface area contributed by atoms with E-state index in [-0.39, 0.29) is 11.9 Å². The van der Waals surface area contributed by atoms with Crippen LogP contribution < -0.4 is 5.32 Å². The number of fused-ring (bicyclic) bond motifs is 1. The number of benzene rings is 1. The van der Waals surface area contributed by atoms with Crippen LogP contribution in [-0.2, 0) is 0 Å². The minimum Gasteiger partial charge on any atom is -0.350 e. The van der Waals surface area contributed by atoms with E-state index < -0.39 is 0 Å². The third-order valence-electron chi connectivity index (χ3n) is 3.60. The van der Waals surface area contributed by atoms with Gasteiger partial charge >= 0.3 is 0 Å². The smallest absolute Gasteiger partial charge is 0.268 e. The number of hydrogen-bond donors (Lipinski definition) is 3. The molecule has 1 aromatic carbocycles. The van der Waals surface area contributed by atoms with E-state index in [1.54, 1.807) is 11.3 Å². The maximum absolute atomic E-state index is 12.6. The van der Waals surface area contributed by atoms with Crippen LogP contribution in [0.25, 0.3) is 10.2 Å². The molecule has 4 aromatic rings. The number of thiophene rings is 1. The fourth-order valence-corrected chi connectivity index (χ4v) is 3.27. The lowest BCUT2D eigenvalue weighted by atomic mass is 10.1. The quantitative estimate of drug-likeness (QED) is 0.540. The number of hydrogen-bond acceptors (Lipinski definition) is 4. The van der Waals surface area contributed by atoms with Crippen molar-refractivity contribution >= 4 is 27.5 Å². The van der Waals surface area contributed by atoms with Crippen LogP contribution in [0.1, 0.15) is 27.9 Å². The van der Waals surface area contributed by atoms with Gasteiger partial charge < -0.3 is 10.3 Å². The molecule has 7 heteroatoms. The molecule has 3 heterocycles. The van der Waals surface area contributed by atoms with E-state index in [0.717, 1.165) is 15.8 Å². The molecule has 1 atom stereocenters. The molecule has 114 valence electrons. The van der Waals surface area contributed by atoms with E-state index in [1.165, 1.54) is 6.33 Å². The lowest BCUT2D eigenvalue weighted by molar-refractivity contribution is 0.0937. The van der Waals surface area contributed by atoms with Crippen LogP contribution in [0, 0.1) is 0 Å². The Morgan fingerprint density at radius 2 is 2.09 bits per heavy atom. The van der Waals surface area contributed by atoms with Gasteiger partial charge in [0.05, 0.1) is 10.2 Å². The van der Waals surface area contributed by atoms with Gasteiger partial charge in [-0.1, -0.05) is 30.3 Å². The van der Waals surface area contributed by atoms with E-state index in [4.69, 9.17) is 0 Å². The Morgan fingerprint density at radius 1 is 1.22 bits per heavy atom. The number of carbonyl (C=O) groups excluding carboxylic acids is 1. The zero-order valence-corrected chi connectivity index (χ0v) is 12.8. The van der Waals surface area contributed by atoms with Gasteiger partial charge in [-0.2, -0.15) is 5.10 Å². The first kappa shape index (κ1) is 13.7. The third-order valence-corrected chi connectivity index (χ3v) is 4.46. The van der Waals surface area contributed by atoms with E-state index in [9.17, 15) is 4.79 Å². The molecule has 0 aliphatic heterocycles. The van der Waals surface area contributed by atoms with Gasteiger partial charge in [-0.3, -0.25) is 9.89 Å². The summed E-state index contributed by atoms with van der Waals surface area (Å²) in [7, 11) is 0. The Balaban J connectivity index is 1.65. The SMILES string of the molecule is O=C(N[C@H](c1ccccc1)c1ncn[nH]1)c1cc2sccc2[nH]1. The number of nitrogens with zero attached hydrogens (tertiary/aromatic N) is 2. The molecule has 0 aliphatic rings. The average molecular weight is 323 g/mol. The number of amides is 1. The second-order valence-corrected chi connectivity index (χ2v) is 6.02. The summed E-state index contributed by atoms with van der Waals surface area (Å²) in [6.45, 7) is 0. The van der Waals surface area contributed by atoms with Gasteiger partial charge in [0.15, 0.2) is 5.82 Å². The molecule has 0 saturated heterocycles. The molecular weight excluding hydrogens is 310 g/mol. The molecular formula is C16H13N5OS. The summed E-state index contributed by atoms with van der Waals surface area (Å²) in [5, 5.41) is 11.7. The average Bonchev–Trinajstić information content (AvgIpc) is 3.29. The van der Waals surface area contributed by atoms with Gasteiger partial charge in [-0.05, 0) is 23.1 Å². The number of rotatable bonds is 4. The van der Waals surface area contributed by atoms with Gasteiger partial charge in [0, 0.05) is 0 Å². The van der Waals surface area contributed by atoms with Crippen LogP contribution >= 0.6 is 11.3 Å². The van der Waals surface area contributed by atoms with Crippen molar-refractivity contribution in [3.05, 3.63) is 71.3 Å². The van der Waals surface area contributed by atoms with Gasteiger partial charge in [0.1, 0.15) is 18.1 Å². The molecule has 0 saturated carbocycles. The molecule has 0 fully saturated rings. The minimum absolute atomic E-state index is 0.182. The Hall–Kier alpha value is -2.93. The highest BCUT2D eigenvalue weighted by atomic mass is 32.1. The Labute approximate surface area is 135 Å². The summed E-state index contributed by atoms with van der Waals surface area (Å²) in [4.78, 5) is 19.9. The van der Waals surface area contributed by atoms with Crippen molar-refractivity contribution < 1.29 is 4.79 Å². The fourth-order valence-electron chi connectivity index (χ4n) is 2.49. The maximum Gasteiger partial charge on any atom is 0.268 e. The van der Waals surface area contributed by atoms with E-state index in [0.29, 0.717) is 11.5 Å². The number of aromatic amines is 2. The fraction of sp³-hybridized carbons (Fsp3) is 0.0625. The van der Waals surface area contributed by atoms with Crippen LogP contribution in [0.5, 0.6) is 0 Å². The molecule has 3 aromatic heterocycles. The molecule has 0 spiro atoms. The number of H-pyrrole nitrogens is 2. The van der Waals surface area contributed by atoms with Crippen molar-refractivity contribution in [2.45, 2.75) is 6.04 Å². The van der Waals surface area contributed by atoms with Crippen molar-refractivity contribution in [3.8, 4) is 0 Å². The molecule has 0 bridgehead atoms. The molecule has 23 heavy (non-hydrogen) atoms. The predicted octanol–water partition coefficient (Wildman–Crippen LogP) is 2.87. The topological polar surface area (TPSA) is 86.5 Å². The van der Waals surface area contributed by atoms with Crippen LogP contribution in [0.2, 0.25) is 0 Å². The summed E-state index contributed by atoms with van der Waals surface area (Å²) in [6, 6.07) is 13.1. The zero-order chi connectivity index (χ0) is 15.6. The standard InChI is InChI=1S/C16H13N5OS/c22-16(12-8-13-11(19-12)6-7-23-13)20-14(15-17-9-18-21-15)10-4-2-1-3-5-10/h1-9,14,19H,(H,20,22)(H,17,18,21)/t14-/m1/s1. The normalized spacial score (nSPS) is 12.3. The Kier molecular flexibility index (Phi) is 3.39. The van der Waals surface area contributed by atoms with Crippen LogP contribution in [0.3, 0.4) is 0 Å². The highest BCUT2D eigenvalue weighted by molar-refractivity contribution is 7.17. The molecule has 6 nitrogen and oxygen atoms in total. The highest BCUT2D eigenvalue weighted by Gasteiger charge is 2.21. The largest absolute Gasteiger partial charge is 0.350 e. The molecule has 3 N–H and O–H groups in total. The highest BCUT2D eigenvalue weighted by Crippen LogP contribution is 2.23. The molecule has 4 rings (SSSR count). The van der Waals surface area contributed by atoms with Crippen LogP contribution in [0.15, 0.2) is 54.2 Å². The van der Waals surface area contributed by atoms with E-state index >= 15 is 0 Å². The summed E-state index contributed by atoms with van der Waals surface area (Å²) in [5.41, 5.74) is 2.44. The monoisotopic (exact) mass is 323 g/mol. The lowest BCUT2D eigenvalue weighted by Crippen LogP contribution is -2.30. The van der Waals surface area contributed by atoms with Crippen molar-refractivity contribution in [1.29, 1.82) is 0 Å². The van der Waals surface area contributed by atoms with E-state index in [1.807, 2.05) is 47.8 Å². The summed E-state index contributed by atoms with van der Waals surface area (Å²) in [6.07, 6.45) is 1.43. The maximum atomic E-state index is 12.6. The number of carbonyl (C=O) groups is 1. The zero-order valence-electron chi connectivity index (χ0n) is 12.0. The van der Waals surface area contributed by atoms with Crippen molar-refractivity contribution in [2.24, 2.45) is 0 Å². The first-order chi connectivity index (χ1) is 11.3. The van der Waals surface area contributed by atoms with Gasteiger partial charge in [-0.25, -0.2) is 4.98 Å². The van der Waals surface area contributed by atoms with Crippen molar-refractivity contribution in [1.82, 2.24) is 25.5 Å². The Bertz CT molecular complexity index is 897.